The summed E-state index contributed by atoms with van der Waals surface area (Å²) in [5.74, 6) is 0.584. The molecule has 130 valence electrons. The second-order valence-electron chi connectivity index (χ2n) is 6.31. The molecule has 3 rings (SSSR count). The van der Waals surface area contributed by atoms with Gasteiger partial charge in [0, 0.05) is 44.1 Å². The van der Waals surface area contributed by atoms with E-state index in [1.807, 2.05) is 13.1 Å². The minimum atomic E-state index is -0.689. The highest BCUT2D eigenvalue weighted by Crippen LogP contribution is 2.29. The second kappa shape index (κ2) is 7.36. The summed E-state index contributed by atoms with van der Waals surface area (Å²) in [6.07, 6.45) is 4.47. The van der Waals surface area contributed by atoms with Crippen LogP contribution in [0.25, 0.3) is 0 Å². The van der Waals surface area contributed by atoms with Crippen LogP contribution in [0, 0.1) is 17.2 Å². The molecule has 0 radical (unpaired) electrons. The zero-order valence-electron chi connectivity index (χ0n) is 14.1. The van der Waals surface area contributed by atoms with Crippen LogP contribution in [0.2, 0.25) is 0 Å². The number of piperidine rings is 1. The number of nitriles is 1. The summed E-state index contributed by atoms with van der Waals surface area (Å²) in [6, 6.07) is 8.61. The number of nitrogens with one attached hydrogen (secondary N) is 1. The zero-order valence-corrected chi connectivity index (χ0v) is 14.1. The standard InChI is InChI=1S/C18H21N5O2/c1-22-10-8-20-17(22)16(24)14-3-2-9-23(12-14)18(25)21-15-6-4-13(11-19)5-7-15/h4-8,10,14,16,24H,2-3,9,12H2,1H3,(H,21,25). The first kappa shape index (κ1) is 17.0. The maximum absolute atomic E-state index is 12.5. The van der Waals surface area contributed by atoms with Crippen molar-refractivity contribution in [2.24, 2.45) is 13.0 Å². The van der Waals surface area contributed by atoms with Gasteiger partial charge in [-0.3, -0.25) is 0 Å². The van der Waals surface area contributed by atoms with E-state index in [9.17, 15) is 9.90 Å². The molecule has 0 aliphatic carbocycles. The Balaban J connectivity index is 1.63. The monoisotopic (exact) mass is 339 g/mol. The quantitative estimate of drug-likeness (QED) is 0.897. The van der Waals surface area contributed by atoms with Gasteiger partial charge in [-0.15, -0.1) is 0 Å². The van der Waals surface area contributed by atoms with Crippen molar-refractivity contribution in [1.29, 1.82) is 5.26 Å². The molecule has 0 saturated carbocycles. The summed E-state index contributed by atoms with van der Waals surface area (Å²) in [7, 11) is 1.85. The van der Waals surface area contributed by atoms with Crippen molar-refractivity contribution < 1.29 is 9.90 Å². The van der Waals surface area contributed by atoms with Gasteiger partial charge < -0.3 is 19.9 Å². The fourth-order valence-electron chi connectivity index (χ4n) is 3.16. The van der Waals surface area contributed by atoms with Crippen molar-refractivity contribution in [3.05, 3.63) is 48.0 Å². The van der Waals surface area contributed by atoms with E-state index in [2.05, 4.69) is 10.3 Å². The van der Waals surface area contributed by atoms with Crippen LogP contribution in [-0.2, 0) is 7.05 Å². The van der Waals surface area contributed by atoms with Gasteiger partial charge in [0.05, 0.1) is 11.6 Å². The Labute approximate surface area is 146 Å². The van der Waals surface area contributed by atoms with E-state index in [1.165, 1.54) is 0 Å². The number of hydrogen-bond donors (Lipinski definition) is 2. The topological polar surface area (TPSA) is 94.2 Å². The van der Waals surface area contributed by atoms with Gasteiger partial charge in [-0.25, -0.2) is 9.78 Å². The van der Waals surface area contributed by atoms with Crippen LogP contribution in [0.4, 0.5) is 10.5 Å². The smallest absolute Gasteiger partial charge is 0.321 e. The Morgan fingerprint density at radius 1 is 1.44 bits per heavy atom. The molecule has 2 atom stereocenters. The van der Waals surface area contributed by atoms with Gasteiger partial charge >= 0.3 is 6.03 Å². The van der Waals surface area contributed by atoms with Crippen LogP contribution in [0.3, 0.4) is 0 Å². The van der Waals surface area contributed by atoms with Crippen LogP contribution in [0.5, 0.6) is 0 Å². The molecule has 0 spiro atoms. The molecule has 2 heterocycles. The molecule has 2 unspecified atom stereocenters. The lowest BCUT2D eigenvalue weighted by Gasteiger charge is -2.34. The summed E-state index contributed by atoms with van der Waals surface area (Å²) >= 11 is 0. The predicted octanol–water partition coefficient (Wildman–Crippen LogP) is 2.27. The Hall–Kier alpha value is -2.85. The number of likely N-dealkylation sites (tertiary alicyclic amines) is 1. The summed E-state index contributed by atoms with van der Waals surface area (Å²) < 4.78 is 1.81. The van der Waals surface area contributed by atoms with Crippen molar-refractivity contribution in [1.82, 2.24) is 14.5 Å². The Morgan fingerprint density at radius 3 is 2.84 bits per heavy atom. The largest absolute Gasteiger partial charge is 0.385 e. The number of rotatable bonds is 3. The van der Waals surface area contributed by atoms with E-state index in [-0.39, 0.29) is 11.9 Å². The van der Waals surface area contributed by atoms with E-state index in [1.54, 1.807) is 46.1 Å². The number of nitrogens with zero attached hydrogens (tertiary/aromatic N) is 4. The number of aryl methyl sites for hydroxylation is 1. The first-order valence-electron chi connectivity index (χ1n) is 8.30. The average Bonchev–Trinajstić information content (AvgIpc) is 3.07. The van der Waals surface area contributed by atoms with Crippen LogP contribution in [0.1, 0.15) is 30.3 Å². The van der Waals surface area contributed by atoms with Crippen molar-refractivity contribution in [3.8, 4) is 6.07 Å². The average molecular weight is 339 g/mol. The molecule has 1 aromatic carbocycles. The molecule has 1 aliphatic rings. The molecule has 7 heteroatoms. The third-order valence-corrected chi connectivity index (χ3v) is 4.58. The number of carbonyl (C=O) groups excluding carboxylic acids is 1. The number of aliphatic hydroxyl groups is 1. The van der Waals surface area contributed by atoms with Gasteiger partial charge in [0.15, 0.2) is 0 Å². The minimum absolute atomic E-state index is 0.0402. The molecule has 25 heavy (non-hydrogen) atoms. The molecule has 2 amide bonds. The van der Waals surface area contributed by atoms with E-state index >= 15 is 0 Å². The minimum Gasteiger partial charge on any atom is -0.385 e. The van der Waals surface area contributed by atoms with E-state index in [0.717, 1.165) is 12.8 Å². The van der Waals surface area contributed by atoms with Crippen LogP contribution in [0.15, 0.2) is 36.7 Å². The number of hydrogen-bond acceptors (Lipinski definition) is 4. The van der Waals surface area contributed by atoms with E-state index in [0.29, 0.717) is 30.2 Å². The van der Waals surface area contributed by atoms with Crippen LogP contribution in [-0.4, -0.2) is 38.7 Å². The Morgan fingerprint density at radius 2 is 2.20 bits per heavy atom. The highest BCUT2D eigenvalue weighted by atomic mass is 16.3. The van der Waals surface area contributed by atoms with Crippen molar-refractivity contribution >= 4 is 11.7 Å². The number of amides is 2. The molecular weight excluding hydrogens is 318 g/mol. The van der Waals surface area contributed by atoms with Crippen LogP contribution < -0.4 is 5.32 Å². The van der Waals surface area contributed by atoms with Crippen molar-refractivity contribution in [2.75, 3.05) is 18.4 Å². The summed E-state index contributed by atoms with van der Waals surface area (Å²) in [5, 5.41) is 22.3. The molecule has 7 nitrogen and oxygen atoms in total. The molecular formula is C18H21N5O2. The maximum atomic E-state index is 12.5. The first-order chi connectivity index (χ1) is 12.1. The maximum Gasteiger partial charge on any atom is 0.321 e. The van der Waals surface area contributed by atoms with E-state index < -0.39 is 6.10 Å². The second-order valence-corrected chi connectivity index (χ2v) is 6.31. The number of imidazole rings is 1. The van der Waals surface area contributed by atoms with Crippen molar-refractivity contribution in [2.45, 2.75) is 18.9 Å². The number of carbonyl (C=O) groups is 1. The van der Waals surface area contributed by atoms with Crippen LogP contribution >= 0.6 is 0 Å². The molecule has 1 saturated heterocycles. The Kier molecular flexibility index (Phi) is 5.00. The number of urea groups is 1. The molecule has 0 bridgehead atoms. The highest BCUT2D eigenvalue weighted by molar-refractivity contribution is 5.89. The Bertz CT molecular complexity index is 778. The molecule has 2 aromatic rings. The summed E-state index contributed by atoms with van der Waals surface area (Å²) in [4.78, 5) is 18.4. The summed E-state index contributed by atoms with van der Waals surface area (Å²) in [5.41, 5.74) is 1.20. The normalized spacial score (nSPS) is 18.4. The first-order valence-corrected chi connectivity index (χ1v) is 8.30. The molecule has 2 N–H and O–H groups in total. The zero-order chi connectivity index (χ0) is 17.8. The van der Waals surface area contributed by atoms with Crippen molar-refractivity contribution in [3.63, 3.8) is 0 Å². The lowest BCUT2D eigenvalue weighted by atomic mass is 9.92. The fraction of sp³-hybridized carbons (Fsp3) is 0.389. The number of benzene rings is 1. The van der Waals surface area contributed by atoms with Gasteiger partial charge in [0.2, 0.25) is 0 Å². The van der Waals surface area contributed by atoms with Gasteiger partial charge in [-0.1, -0.05) is 0 Å². The highest BCUT2D eigenvalue weighted by Gasteiger charge is 2.31. The van der Waals surface area contributed by atoms with Gasteiger partial charge in [0.25, 0.3) is 0 Å². The van der Waals surface area contributed by atoms with Gasteiger partial charge in [-0.05, 0) is 37.1 Å². The predicted molar refractivity (Wildman–Crippen MR) is 92.6 cm³/mol. The molecule has 1 aliphatic heterocycles. The van der Waals surface area contributed by atoms with Gasteiger partial charge in [-0.2, -0.15) is 5.26 Å². The number of anilines is 1. The lowest BCUT2D eigenvalue weighted by molar-refractivity contribution is 0.0552. The SMILES string of the molecule is Cn1ccnc1C(O)C1CCCN(C(=O)Nc2ccc(C#N)cc2)C1. The third kappa shape index (κ3) is 3.80. The number of aliphatic hydroxyl groups excluding tert-OH is 1. The summed E-state index contributed by atoms with van der Waals surface area (Å²) in [6.45, 7) is 1.14. The molecule has 1 fully saturated rings. The molecule has 1 aromatic heterocycles. The lowest BCUT2D eigenvalue weighted by Crippen LogP contribution is -2.44. The fourth-order valence-corrected chi connectivity index (χ4v) is 3.16. The van der Waals surface area contributed by atoms with Gasteiger partial charge in [0.1, 0.15) is 11.9 Å². The number of aromatic nitrogens is 2. The van der Waals surface area contributed by atoms with E-state index in [4.69, 9.17) is 5.26 Å². The third-order valence-electron chi connectivity index (χ3n) is 4.58.